The maximum atomic E-state index is 14.1. The third-order valence-electron chi connectivity index (χ3n) is 11.5. The van der Waals surface area contributed by atoms with Crippen molar-refractivity contribution in [3.8, 4) is 0 Å². The Morgan fingerprint density at radius 1 is 0.882 bits per heavy atom. The molecule has 298 valence electrons. The second kappa shape index (κ2) is 16.9. The zero-order valence-electron chi connectivity index (χ0n) is 32.5. The second-order valence-corrected chi connectivity index (χ2v) is 16.4. The number of cyclic esters (lactones) is 1. The molecular weight excluding hydrogens is 668 g/mol. The summed E-state index contributed by atoms with van der Waals surface area (Å²) in [7, 11) is 3.68. The Labute approximate surface area is 302 Å². The third-order valence-corrected chi connectivity index (χ3v) is 11.5. The van der Waals surface area contributed by atoms with Gasteiger partial charge in [-0.1, -0.05) is 32.9 Å². The van der Waals surface area contributed by atoms with Gasteiger partial charge in [0, 0.05) is 30.2 Å². The summed E-state index contributed by atoms with van der Waals surface area (Å²) in [6.07, 6.45) is -10.5. The van der Waals surface area contributed by atoms with E-state index >= 15 is 0 Å². The molecule has 15 heteroatoms. The highest BCUT2D eigenvalue weighted by atomic mass is 16.7. The average Bonchev–Trinajstić information content (AvgIpc) is 3.02. The van der Waals surface area contributed by atoms with Crippen LogP contribution in [0.5, 0.6) is 0 Å². The quantitative estimate of drug-likeness (QED) is 0.117. The number of carbonyl (C=O) groups excluding carboxylic acids is 1. The Morgan fingerprint density at radius 2 is 1.49 bits per heavy atom. The van der Waals surface area contributed by atoms with E-state index in [4.69, 9.17) is 23.7 Å². The first-order chi connectivity index (χ1) is 23.4. The fourth-order valence-electron chi connectivity index (χ4n) is 8.42. The van der Waals surface area contributed by atoms with Crippen LogP contribution in [0.25, 0.3) is 0 Å². The first-order valence-corrected chi connectivity index (χ1v) is 18.3. The molecule has 7 N–H and O–H groups in total. The molecule has 0 aromatic carbocycles. The van der Waals surface area contributed by atoms with Gasteiger partial charge in [-0.2, -0.15) is 0 Å². The van der Waals surface area contributed by atoms with E-state index in [2.05, 4.69) is 5.16 Å². The number of ether oxygens (including phenoxy) is 5. The van der Waals surface area contributed by atoms with Gasteiger partial charge in [0.1, 0.15) is 23.9 Å². The number of oxime groups is 1. The molecule has 3 fully saturated rings. The monoisotopic (exact) mass is 734 g/mol. The molecule has 0 spiro atoms. The van der Waals surface area contributed by atoms with E-state index in [9.17, 15) is 40.6 Å². The van der Waals surface area contributed by atoms with Crippen molar-refractivity contribution in [3.63, 3.8) is 0 Å². The number of hydrogen-bond acceptors (Lipinski definition) is 15. The fourth-order valence-corrected chi connectivity index (χ4v) is 8.42. The summed E-state index contributed by atoms with van der Waals surface area (Å²) < 4.78 is 31.1. The summed E-state index contributed by atoms with van der Waals surface area (Å²) in [5.41, 5.74) is -5.27. The normalized spacial score (nSPS) is 50.5. The first-order valence-electron chi connectivity index (χ1n) is 18.3. The minimum atomic E-state index is -1.98. The number of carbonyl (C=O) groups is 1. The molecule has 15 nitrogen and oxygen atoms in total. The Balaban J connectivity index is 2.20. The SMILES string of the molecule is CC[C@H]1OC(=O)[C@H](C)[C@@H](O[C@H]2C[C@@](C)(O)[C@@H](O)[C@H](C)O2)[C@@H](C)[C@@H](O[C@@H]2O[C@H](C)C[C@H](N(C)C)[C@H]2O)[C@](C)(O)C[C@@H](C)C(=NO)[C@H](C)[C@H](O)[C@]1(C)O. The molecule has 0 radical (unpaired) electrons. The molecule has 0 aromatic rings. The van der Waals surface area contributed by atoms with Crippen molar-refractivity contribution in [3.05, 3.63) is 0 Å². The number of rotatable bonds is 6. The fraction of sp³-hybridized carbons (Fsp3) is 0.944. The Kier molecular flexibility index (Phi) is 14.5. The Morgan fingerprint density at radius 3 is 2.02 bits per heavy atom. The number of esters is 1. The average molecular weight is 735 g/mol. The highest BCUT2D eigenvalue weighted by molar-refractivity contribution is 5.88. The van der Waals surface area contributed by atoms with Gasteiger partial charge in [-0.25, -0.2) is 0 Å². The van der Waals surface area contributed by atoms with Crippen LogP contribution in [-0.2, 0) is 28.5 Å². The van der Waals surface area contributed by atoms with Gasteiger partial charge in [-0.05, 0) is 74.9 Å². The number of likely N-dealkylation sites (N-methyl/N-ethyl adjacent to an activating group) is 1. The molecular formula is C36H66N2O13. The molecule has 3 aliphatic heterocycles. The molecule has 0 aliphatic carbocycles. The van der Waals surface area contributed by atoms with Crippen LogP contribution in [-0.4, -0.2) is 151 Å². The molecule has 0 saturated carbocycles. The zero-order chi connectivity index (χ0) is 39.0. The lowest BCUT2D eigenvalue weighted by molar-refractivity contribution is -0.316. The molecule has 51 heavy (non-hydrogen) atoms. The van der Waals surface area contributed by atoms with Gasteiger partial charge >= 0.3 is 5.97 Å². The Hall–Kier alpha value is -1.50. The van der Waals surface area contributed by atoms with Crippen LogP contribution in [0, 0.1) is 23.7 Å². The van der Waals surface area contributed by atoms with E-state index < -0.39 is 102 Å². The number of nitrogens with zero attached hydrogens (tertiary/aromatic N) is 2. The van der Waals surface area contributed by atoms with Crippen LogP contribution < -0.4 is 0 Å². The van der Waals surface area contributed by atoms with Gasteiger partial charge in [0.15, 0.2) is 12.6 Å². The van der Waals surface area contributed by atoms with Crippen molar-refractivity contribution in [2.75, 3.05) is 14.1 Å². The van der Waals surface area contributed by atoms with Crippen LogP contribution in [0.15, 0.2) is 5.16 Å². The predicted molar refractivity (Wildman–Crippen MR) is 186 cm³/mol. The highest BCUT2D eigenvalue weighted by Crippen LogP contribution is 2.40. The van der Waals surface area contributed by atoms with E-state index in [-0.39, 0.29) is 37.1 Å². The summed E-state index contributed by atoms with van der Waals surface area (Å²) in [5, 5.41) is 82.3. The number of hydrogen-bond donors (Lipinski definition) is 7. The molecule has 0 unspecified atom stereocenters. The second-order valence-electron chi connectivity index (χ2n) is 16.4. The van der Waals surface area contributed by atoms with Gasteiger partial charge in [0.2, 0.25) is 0 Å². The van der Waals surface area contributed by atoms with Crippen molar-refractivity contribution < 1.29 is 64.3 Å². The van der Waals surface area contributed by atoms with Crippen LogP contribution in [0.1, 0.15) is 94.9 Å². The van der Waals surface area contributed by atoms with Gasteiger partial charge < -0.3 is 64.4 Å². The van der Waals surface area contributed by atoms with E-state index in [0.29, 0.717) is 6.42 Å². The summed E-state index contributed by atoms with van der Waals surface area (Å²) in [5.74, 6) is -4.38. The van der Waals surface area contributed by atoms with E-state index in [1.54, 1.807) is 41.5 Å². The van der Waals surface area contributed by atoms with Crippen molar-refractivity contribution in [1.29, 1.82) is 0 Å². The predicted octanol–water partition coefficient (Wildman–Crippen LogP) is 1.39. The highest BCUT2D eigenvalue weighted by Gasteiger charge is 2.53. The smallest absolute Gasteiger partial charge is 0.311 e. The molecule has 0 aromatic heterocycles. The van der Waals surface area contributed by atoms with Gasteiger partial charge in [0.25, 0.3) is 0 Å². The topological polar surface area (TPSA) is 220 Å². The molecule has 3 rings (SSSR count). The summed E-state index contributed by atoms with van der Waals surface area (Å²) in [6.45, 7) is 16.1. The molecule has 3 heterocycles. The van der Waals surface area contributed by atoms with Gasteiger partial charge in [0.05, 0.1) is 53.4 Å². The van der Waals surface area contributed by atoms with Crippen LogP contribution in [0.3, 0.4) is 0 Å². The Bertz CT molecular complexity index is 1180. The molecule has 0 bridgehead atoms. The van der Waals surface area contributed by atoms with Crippen LogP contribution in [0.4, 0.5) is 0 Å². The molecule has 3 saturated heterocycles. The molecule has 18 atom stereocenters. The number of aliphatic hydroxyl groups excluding tert-OH is 3. The van der Waals surface area contributed by atoms with Gasteiger partial charge in [-0.15, -0.1) is 0 Å². The minimum absolute atomic E-state index is 0.0866. The standard InChI is InChI=1S/C36H66N2O13/c1-13-24-36(10,45)29(40)19(4)26(37-46)17(2)15-35(9,44)31(51-33-27(39)23(38(11)12)14-18(3)47-33)20(5)28(21(6)32(42)49-24)50-25-16-34(8,43)30(41)22(7)48-25/h17-25,27-31,33,39-41,43-46H,13-16H2,1-12H3/t17-,18-,19+,20-,21-,22+,23+,24-,25+,27-,28+,29+,30+,31-,33+,34-,35-,36-/m1/s1. The first kappa shape index (κ1) is 43.9. The van der Waals surface area contributed by atoms with E-state index in [1.807, 2.05) is 25.9 Å². The van der Waals surface area contributed by atoms with Crippen LogP contribution in [0.2, 0.25) is 0 Å². The summed E-state index contributed by atoms with van der Waals surface area (Å²) >= 11 is 0. The van der Waals surface area contributed by atoms with Crippen molar-refractivity contribution >= 4 is 11.7 Å². The lowest BCUT2D eigenvalue weighted by Gasteiger charge is -2.48. The van der Waals surface area contributed by atoms with Crippen molar-refractivity contribution in [1.82, 2.24) is 4.90 Å². The van der Waals surface area contributed by atoms with Crippen molar-refractivity contribution in [2.24, 2.45) is 28.8 Å². The maximum Gasteiger partial charge on any atom is 0.311 e. The number of aliphatic hydroxyl groups is 6. The molecule has 3 aliphatic rings. The van der Waals surface area contributed by atoms with Crippen molar-refractivity contribution in [2.45, 2.75) is 179 Å². The largest absolute Gasteiger partial charge is 0.459 e. The summed E-state index contributed by atoms with van der Waals surface area (Å²) in [4.78, 5) is 15.9. The third kappa shape index (κ3) is 9.60. The lowest BCUT2D eigenvalue weighted by Crippen LogP contribution is -2.61. The van der Waals surface area contributed by atoms with E-state index in [0.717, 1.165) is 0 Å². The zero-order valence-corrected chi connectivity index (χ0v) is 32.5. The van der Waals surface area contributed by atoms with Gasteiger partial charge in [-0.3, -0.25) is 4.79 Å². The maximum absolute atomic E-state index is 14.1. The lowest BCUT2D eigenvalue weighted by atomic mass is 9.73. The molecule has 0 amide bonds. The minimum Gasteiger partial charge on any atom is -0.459 e. The summed E-state index contributed by atoms with van der Waals surface area (Å²) in [6, 6.07) is -0.336. The van der Waals surface area contributed by atoms with Crippen LogP contribution >= 0.6 is 0 Å². The van der Waals surface area contributed by atoms with E-state index in [1.165, 1.54) is 20.8 Å².